The van der Waals surface area contributed by atoms with Crippen molar-refractivity contribution < 1.29 is 14.3 Å². The lowest BCUT2D eigenvalue weighted by atomic mass is 10.3. The average molecular weight is 232 g/mol. The highest BCUT2D eigenvalue weighted by atomic mass is 79.9. The van der Waals surface area contributed by atoms with E-state index in [1.807, 2.05) is 0 Å². The van der Waals surface area contributed by atoms with Gasteiger partial charge < -0.3 is 9.72 Å². The van der Waals surface area contributed by atoms with Crippen LogP contribution >= 0.6 is 15.9 Å². The monoisotopic (exact) mass is 231 g/mol. The van der Waals surface area contributed by atoms with E-state index in [2.05, 4.69) is 25.7 Å². The van der Waals surface area contributed by atoms with Crippen LogP contribution in [0.1, 0.15) is 10.5 Å². The molecule has 64 valence electrons. The SMILES string of the molecule is COC(=O)C(=O)c1cc(Br)c[nH]1. The smallest absolute Gasteiger partial charge is 0.380 e. The van der Waals surface area contributed by atoms with E-state index < -0.39 is 11.8 Å². The van der Waals surface area contributed by atoms with Crippen LogP contribution in [-0.2, 0) is 9.53 Å². The number of aromatic amines is 1. The Morgan fingerprint density at radius 1 is 1.58 bits per heavy atom. The Bertz CT molecular complexity index is 318. The number of H-pyrrole nitrogens is 1. The van der Waals surface area contributed by atoms with Gasteiger partial charge in [-0.1, -0.05) is 0 Å². The topological polar surface area (TPSA) is 59.2 Å². The molecule has 0 fully saturated rings. The molecule has 0 bridgehead atoms. The summed E-state index contributed by atoms with van der Waals surface area (Å²) in [5.41, 5.74) is 0.216. The van der Waals surface area contributed by atoms with Crippen LogP contribution in [0, 0.1) is 0 Å². The average Bonchev–Trinajstić information content (AvgIpc) is 2.49. The van der Waals surface area contributed by atoms with Crippen LogP contribution in [0.15, 0.2) is 16.7 Å². The molecule has 0 aromatic carbocycles. The first-order valence-electron chi connectivity index (χ1n) is 3.11. The Hall–Kier alpha value is -1.10. The minimum absolute atomic E-state index is 0.216. The fraction of sp³-hybridized carbons (Fsp3) is 0.143. The van der Waals surface area contributed by atoms with Crippen LogP contribution in [0.2, 0.25) is 0 Å². The van der Waals surface area contributed by atoms with Crippen molar-refractivity contribution in [3.8, 4) is 0 Å². The maximum absolute atomic E-state index is 11.1. The van der Waals surface area contributed by atoms with E-state index in [1.54, 1.807) is 6.20 Å². The van der Waals surface area contributed by atoms with Crippen molar-refractivity contribution in [3.05, 3.63) is 22.4 Å². The van der Waals surface area contributed by atoms with Gasteiger partial charge in [0.2, 0.25) is 0 Å². The number of hydrogen-bond acceptors (Lipinski definition) is 3. The molecule has 0 saturated heterocycles. The quantitative estimate of drug-likeness (QED) is 0.472. The van der Waals surface area contributed by atoms with E-state index in [4.69, 9.17) is 0 Å². The van der Waals surface area contributed by atoms with Crippen molar-refractivity contribution in [2.75, 3.05) is 7.11 Å². The van der Waals surface area contributed by atoms with Crippen molar-refractivity contribution >= 4 is 27.7 Å². The molecule has 0 radical (unpaired) electrons. The zero-order valence-corrected chi connectivity index (χ0v) is 7.84. The van der Waals surface area contributed by atoms with Crippen LogP contribution in [-0.4, -0.2) is 23.8 Å². The molecule has 1 aromatic rings. The first kappa shape index (κ1) is 8.99. The Morgan fingerprint density at radius 3 is 2.67 bits per heavy atom. The highest BCUT2D eigenvalue weighted by molar-refractivity contribution is 9.10. The lowest BCUT2D eigenvalue weighted by Crippen LogP contribution is -2.15. The van der Waals surface area contributed by atoms with Crippen molar-refractivity contribution in [3.63, 3.8) is 0 Å². The van der Waals surface area contributed by atoms with Gasteiger partial charge in [-0.05, 0) is 22.0 Å². The van der Waals surface area contributed by atoms with Gasteiger partial charge >= 0.3 is 5.97 Å². The molecule has 0 atom stereocenters. The minimum atomic E-state index is -0.871. The third-order valence-corrected chi connectivity index (χ3v) is 1.72. The fourth-order valence-corrected chi connectivity index (χ4v) is 1.05. The molecule has 5 heteroatoms. The highest BCUT2D eigenvalue weighted by Gasteiger charge is 2.17. The van der Waals surface area contributed by atoms with Gasteiger partial charge in [-0.2, -0.15) is 0 Å². The summed E-state index contributed by atoms with van der Waals surface area (Å²) in [6, 6.07) is 1.51. The molecule has 1 aromatic heterocycles. The summed E-state index contributed by atoms with van der Waals surface area (Å²) in [4.78, 5) is 24.4. The molecule has 0 unspecified atom stereocenters. The summed E-state index contributed by atoms with van der Waals surface area (Å²) < 4.78 is 4.97. The molecule has 1 heterocycles. The number of carbonyl (C=O) groups excluding carboxylic acids is 2. The van der Waals surface area contributed by atoms with Gasteiger partial charge in [0.25, 0.3) is 5.78 Å². The molecular formula is C7H6BrNO3. The van der Waals surface area contributed by atoms with Crippen molar-refractivity contribution in [1.82, 2.24) is 4.98 Å². The lowest BCUT2D eigenvalue weighted by molar-refractivity contribution is -0.135. The van der Waals surface area contributed by atoms with Gasteiger partial charge in [0.05, 0.1) is 12.8 Å². The third-order valence-electron chi connectivity index (χ3n) is 1.26. The van der Waals surface area contributed by atoms with Crippen molar-refractivity contribution in [2.45, 2.75) is 0 Å². The molecule has 0 amide bonds. The van der Waals surface area contributed by atoms with Crippen molar-refractivity contribution in [1.29, 1.82) is 0 Å². The molecule has 0 aliphatic heterocycles. The lowest BCUT2D eigenvalue weighted by Gasteiger charge is -1.93. The molecule has 1 rings (SSSR count). The van der Waals surface area contributed by atoms with Gasteiger partial charge in [-0.25, -0.2) is 4.79 Å². The summed E-state index contributed by atoms with van der Waals surface area (Å²) >= 11 is 3.14. The number of halogens is 1. The number of aromatic nitrogens is 1. The molecule has 0 saturated carbocycles. The highest BCUT2D eigenvalue weighted by Crippen LogP contribution is 2.11. The number of methoxy groups -OCH3 is 1. The predicted molar refractivity (Wildman–Crippen MR) is 44.8 cm³/mol. The molecule has 1 N–H and O–H groups in total. The summed E-state index contributed by atoms with van der Waals surface area (Å²) in [5, 5.41) is 0. The van der Waals surface area contributed by atoms with Crippen LogP contribution in [0.3, 0.4) is 0 Å². The molecule has 4 nitrogen and oxygen atoms in total. The minimum Gasteiger partial charge on any atom is -0.463 e. The second-order valence-electron chi connectivity index (χ2n) is 2.05. The van der Waals surface area contributed by atoms with Gasteiger partial charge in [0.15, 0.2) is 0 Å². The maximum Gasteiger partial charge on any atom is 0.380 e. The van der Waals surface area contributed by atoms with E-state index in [1.165, 1.54) is 6.07 Å². The molecular weight excluding hydrogens is 226 g/mol. The van der Waals surface area contributed by atoms with Crippen LogP contribution in [0.4, 0.5) is 0 Å². The number of ketones is 1. The summed E-state index contributed by atoms with van der Waals surface area (Å²) in [6.07, 6.45) is 1.57. The Labute approximate surface area is 77.0 Å². The van der Waals surface area contributed by atoms with Gasteiger partial charge in [0, 0.05) is 10.7 Å². The summed E-state index contributed by atoms with van der Waals surface area (Å²) in [7, 11) is 1.16. The van der Waals surface area contributed by atoms with Crippen LogP contribution in [0.25, 0.3) is 0 Å². The van der Waals surface area contributed by atoms with Crippen molar-refractivity contribution in [2.24, 2.45) is 0 Å². The first-order chi connectivity index (χ1) is 5.65. The predicted octanol–water partition coefficient (Wildman–Crippen LogP) is 1.13. The van der Waals surface area contributed by atoms with Gasteiger partial charge in [-0.3, -0.25) is 4.79 Å². The Kier molecular flexibility index (Phi) is 2.65. The van der Waals surface area contributed by atoms with E-state index in [9.17, 15) is 9.59 Å². The van der Waals surface area contributed by atoms with Crippen LogP contribution < -0.4 is 0 Å². The number of carbonyl (C=O) groups is 2. The number of rotatable bonds is 2. The zero-order valence-electron chi connectivity index (χ0n) is 6.26. The Balaban J connectivity index is 2.85. The third kappa shape index (κ3) is 1.73. The number of ether oxygens (including phenoxy) is 1. The first-order valence-corrected chi connectivity index (χ1v) is 3.91. The van der Waals surface area contributed by atoms with E-state index >= 15 is 0 Å². The van der Waals surface area contributed by atoms with Gasteiger partial charge in [0.1, 0.15) is 0 Å². The summed E-state index contributed by atoms with van der Waals surface area (Å²) in [5.74, 6) is -1.55. The zero-order chi connectivity index (χ0) is 9.14. The summed E-state index contributed by atoms with van der Waals surface area (Å²) in [6.45, 7) is 0. The molecule has 0 spiro atoms. The van der Waals surface area contributed by atoms with Crippen LogP contribution in [0.5, 0.6) is 0 Å². The number of hydrogen-bond donors (Lipinski definition) is 1. The molecule has 0 aliphatic rings. The maximum atomic E-state index is 11.1. The second-order valence-corrected chi connectivity index (χ2v) is 2.97. The van der Waals surface area contributed by atoms with E-state index in [0.717, 1.165) is 11.6 Å². The Morgan fingerprint density at radius 2 is 2.25 bits per heavy atom. The fourth-order valence-electron chi connectivity index (χ4n) is 0.702. The van der Waals surface area contributed by atoms with Gasteiger partial charge in [-0.15, -0.1) is 0 Å². The molecule has 0 aliphatic carbocycles. The molecule has 12 heavy (non-hydrogen) atoms. The number of Topliss-reactive ketones (excluding diaryl/α,β-unsaturated/α-hetero) is 1. The number of nitrogens with one attached hydrogen (secondary N) is 1. The number of esters is 1. The van der Waals surface area contributed by atoms with E-state index in [0.29, 0.717) is 0 Å². The second kappa shape index (κ2) is 3.53. The normalized spacial score (nSPS) is 9.50. The van der Waals surface area contributed by atoms with E-state index in [-0.39, 0.29) is 5.69 Å². The standard InChI is InChI=1S/C7H6BrNO3/c1-12-7(11)6(10)5-2-4(8)3-9-5/h2-3,9H,1H3. The largest absolute Gasteiger partial charge is 0.463 e.